The summed E-state index contributed by atoms with van der Waals surface area (Å²) in [5, 5.41) is 1.67. The highest BCUT2D eigenvalue weighted by molar-refractivity contribution is 6.35. The van der Waals surface area contributed by atoms with Crippen molar-refractivity contribution in [3.05, 3.63) is 63.1 Å². The minimum Gasteiger partial charge on any atom is -0.482 e. The number of ether oxygens (including phenoxy) is 1. The molecule has 1 fully saturated rings. The Hall–Kier alpha value is -1.46. The third-order valence-corrected chi connectivity index (χ3v) is 5.07. The van der Waals surface area contributed by atoms with Gasteiger partial charge in [-0.05, 0) is 35.9 Å². The highest BCUT2D eigenvalue weighted by Crippen LogP contribution is 2.27. The van der Waals surface area contributed by atoms with Crippen molar-refractivity contribution in [1.29, 1.82) is 0 Å². The molecule has 3 rings (SSSR count). The lowest BCUT2D eigenvalue weighted by molar-refractivity contribution is -0.135. The summed E-state index contributed by atoms with van der Waals surface area (Å²) >= 11 is 17.8. The molecule has 1 aliphatic rings. The molecule has 138 valence electrons. The van der Waals surface area contributed by atoms with Gasteiger partial charge in [-0.25, -0.2) is 0 Å². The first-order valence-corrected chi connectivity index (χ1v) is 9.47. The fourth-order valence-electron chi connectivity index (χ4n) is 2.83. The largest absolute Gasteiger partial charge is 0.482 e. The van der Waals surface area contributed by atoms with Crippen LogP contribution in [0.5, 0.6) is 5.75 Å². The standard InChI is InChI=1S/C19H19Cl3N2O2/c20-15-3-1-14(2-4-15)12-23-7-9-24(10-8-23)19(25)13-26-18-6-5-16(21)11-17(18)22/h1-6,11H,7-10,12-13H2. The molecule has 0 aromatic heterocycles. The van der Waals surface area contributed by atoms with Crippen molar-refractivity contribution in [2.75, 3.05) is 32.8 Å². The minimum absolute atomic E-state index is 0.0292. The first kappa shape index (κ1) is 19.3. The summed E-state index contributed by atoms with van der Waals surface area (Å²) in [6.45, 7) is 3.86. The summed E-state index contributed by atoms with van der Waals surface area (Å²) in [4.78, 5) is 16.5. The quantitative estimate of drug-likeness (QED) is 0.730. The average molecular weight is 414 g/mol. The van der Waals surface area contributed by atoms with E-state index < -0.39 is 0 Å². The first-order valence-electron chi connectivity index (χ1n) is 8.34. The van der Waals surface area contributed by atoms with Gasteiger partial charge in [0, 0.05) is 42.8 Å². The van der Waals surface area contributed by atoms with Gasteiger partial charge in [0.2, 0.25) is 0 Å². The molecule has 7 heteroatoms. The maximum Gasteiger partial charge on any atom is 0.260 e. The molecule has 0 N–H and O–H groups in total. The number of nitrogens with zero attached hydrogens (tertiary/aromatic N) is 2. The SMILES string of the molecule is O=C(COc1ccc(Cl)cc1Cl)N1CCN(Cc2ccc(Cl)cc2)CC1. The molecule has 1 heterocycles. The van der Waals surface area contributed by atoms with Crippen molar-refractivity contribution in [3.8, 4) is 5.75 Å². The highest BCUT2D eigenvalue weighted by Gasteiger charge is 2.21. The molecular formula is C19H19Cl3N2O2. The molecule has 0 atom stereocenters. The molecule has 0 spiro atoms. The van der Waals surface area contributed by atoms with Crippen LogP contribution in [0.2, 0.25) is 15.1 Å². The molecule has 0 radical (unpaired) electrons. The van der Waals surface area contributed by atoms with Gasteiger partial charge in [-0.2, -0.15) is 0 Å². The number of hydrogen-bond acceptors (Lipinski definition) is 3. The van der Waals surface area contributed by atoms with Crippen LogP contribution in [0.1, 0.15) is 5.56 Å². The number of piperazine rings is 1. The van der Waals surface area contributed by atoms with E-state index in [0.717, 1.165) is 24.7 Å². The van der Waals surface area contributed by atoms with Crippen LogP contribution in [0.25, 0.3) is 0 Å². The third kappa shape index (κ3) is 5.27. The van der Waals surface area contributed by atoms with Crippen LogP contribution in [-0.2, 0) is 11.3 Å². The normalized spacial score (nSPS) is 15.1. The van der Waals surface area contributed by atoms with Crippen molar-refractivity contribution in [1.82, 2.24) is 9.80 Å². The second-order valence-corrected chi connectivity index (χ2v) is 7.43. The smallest absolute Gasteiger partial charge is 0.260 e. The molecular weight excluding hydrogens is 395 g/mol. The number of amides is 1. The van der Waals surface area contributed by atoms with E-state index in [1.165, 1.54) is 5.56 Å². The van der Waals surface area contributed by atoms with E-state index >= 15 is 0 Å². The monoisotopic (exact) mass is 412 g/mol. The molecule has 2 aromatic rings. The van der Waals surface area contributed by atoms with Crippen LogP contribution >= 0.6 is 34.8 Å². The van der Waals surface area contributed by atoms with Gasteiger partial charge in [0.1, 0.15) is 5.75 Å². The van der Waals surface area contributed by atoms with E-state index in [4.69, 9.17) is 39.5 Å². The molecule has 0 bridgehead atoms. The topological polar surface area (TPSA) is 32.8 Å². The van der Waals surface area contributed by atoms with E-state index in [0.29, 0.717) is 28.9 Å². The molecule has 1 amide bonds. The van der Waals surface area contributed by atoms with Crippen molar-refractivity contribution < 1.29 is 9.53 Å². The van der Waals surface area contributed by atoms with E-state index in [1.807, 2.05) is 29.2 Å². The van der Waals surface area contributed by atoms with Crippen LogP contribution in [-0.4, -0.2) is 48.5 Å². The number of hydrogen-bond donors (Lipinski definition) is 0. The lowest BCUT2D eigenvalue weighted by Gasteiger charge is -2.34. The third-order valence-electron chi connectivity index (χ3n) is 4.29. The predicted molar refractivity (Wildman–Crippen MR) is 105 cm³/mol. The van der Waals surface area contributed by atoms with Gasteiger partial charge in [-0.15, -0.1) is 0 Å². The zero-order chi connectivity index (χ0) is 18.5. The number of carbonyl (C=O) groups excluding carboxylic acids is 1. The molecule has 2 aromatic carbocycles. The summed E-state index contributed by atoms with van der Waals surface area (Å²) in [6, 6.07) is 12.8. The Labute approximate surface area is 168 Å². The number of benzene rings is 2. The van der Waals surface area contributed by atoms with Gasteiger partial charge in [0.15, 0.2) is 6.61 Å². The Morgan fingerprint density at radius 2 is 1.58 bits per heavy atom. The molecule has 4 nitrogen and oxygen atoms in total. The second-order valence-electron chi connectivity index (χ2n) is 6.15. The summed E-state index contributed by atoms with van der Waals surface area (Å²) in [5.41, 5.74) is 1.22. The zero-order valence-electron chi connectivity index (χ0n) is 14.1. The van der Waals surface area contributed by atoms with Gasteiger partial charge < -0.3 is 9.64 Å². The molecule has 1 saturated heterocycles. The lowest BCUT2D eigenvalue weighted by Crippen LogP contribution is -2.49. The number of rotatable bonds is 5. The van der Waals surface area contributed by atoms with Gasteiger partial charge in [0.25, 0.3) is 5.91 Å². The second kappa shape index (κ2) is 8.96. The van der Waals surface area contributed by atoms with Crippen molar-refractivity contribution in [2.24, 2.45) is 0 Å². The predicted octanol–water partition coefficient (Wildman–Crippen LogP) is 4.37. The van der Waals surface area contributed by atoms with Crippen LogP contribution in [0, 0.1) is 0 Å². The van der Waals surface area contributed by atoms with Crippen molar-refractivity contribution in [3.63, 3.8) is 0 Å². The van der Waals surface area contributed by atoms with E-state index in [9.17, 15) is 4.79 Å². The van der Waals surface area contributed by atoms with E-state index in [2.05, 4.69) is 4.90 Å². The Bertz CT molecular complexity index is 760. The molecule has 0 unspecified atom stereocenters. The Morgan fingerprint density at radius 3 is 2.23 bits per heavy atom. The van der Waals surface area contributed by atoms with Crippen LogP contribution in [0.3, 0.4) is 0 Å². The van der Waals surface area contributed by atoms with Crippen LogP contribution in [0.4, 0.5) is 0 Å². The van der Waals surface area contributed by atoms with Gasteiger partial charge in [-0.3, -0.25) is 9.69 Å². The Balaban J connectivity index is 1.45. The number of carbonyl (C=O) groups is 1. The lowest BCUT2D eigenvalue weighted by atomic mass is 10.2. The summed E-state index contributed by atoms with van der Waals surface area (Å²) in [6.07, 6.45) is 0. The molecule has 0 saturated carbocycles. The highest BCUT2D eigenvalue weighted by atomic mass is 35.5. The fourth-order valence-corrected chi connectivity index (χ4v) is 3.42. The van der Waals surface area contributed by atoms with E-state index in [1.54, 1.807) is 18.2 Å². The van der Waals surface area contributed by atoms with Gasteiger partial charge >= 0.3 is 0 Å². The van der Waals surface area contributed by atoms with E-state index in [-0.39, 0.29) is 12.5 Å². The maximum atomic E-state index is 12.4. The van der Waals surface area contributed by atoms with Crippen molar-refractivity contribution >= 4 is 40.7 Å². The Morgan fingerprint density at radius 1 is 0.923 bits per heavy atom. The summed E-state index contributed by atoms with van der Waals surface area (Å²) in [7, 11) is 0. The van der Waals surface area contributed by atoms with Gasteiger partial charge in [-0.1, -0.05) is 46.9 Å². The maximum absolute atomic E-state index is 12.4. The average Bonchev–Trinajstić information content (AvgIpc) is 2.63. The van der Waals surface area contributed by atoms with Crippen molar-refractivity contribution in [2.45, 2.75) is 6.54 Å². The zero-order valence-corrected chi connectivity index (χ0v) is 16.4. The van der Waals surface area contributed by atoms with Crippen LogP contribution in [0.15, 0.2) is 42.5 Å². The van der Waals surface area contributed by atoms with Crippen LogP contribution < -0.4 is 4.74 Å². The van der Waals surface area contributed by atoms with Gasteiger partial charge in [0.05, 0.1) is 5.02 Å². The molecule has 26 heavy (non-hydrogen) atoms. The molecule has 0 aliphatic carbocycles. The first-order chi connectivity index (χ1) is 12.5. The fraction of sp³-hybridized carbons (Fsp3) is 0.316. The Kier molecular flexibility index (Phi) is 6.65. The minimum atomic E-state index is -0.0397. The molecule has 1 aliphatic heterocycles. The summed E-state index contributed by atoms with van der Waals surface area (Å²) < 4.78 is 5.53. The summed E-state index contributed by atoms with van der Waals surface area (Å²) in [5.74, 6) is 0.424. The number of halogens is 3.